The molecule has 3 N–H and O–H groups in total. The van der Waals surface area contributed by atoms with Crippen molar-refractivity contribution in [3.05, 3.63) is 56.7 Å². The van der Waals surface area contributed by atoms with E-state index in [4.69, 9.17) is 11.6 Å². The van der Waals surface area contributed by atoms with Crippen molar-refractivity contribution in [3.8, 4) is 0 Å². The van der Waals surface area contributed by atoms with Crippen molar-refractivity contribution in [3.63, 3.8) is 0 Å². The monoisotopic (exact) mass is 336 g/mol. The molecule has 3 rings (SSSR count). The average Bonchev–Trinajstić information content (AvgIpc) is 2.98. The van der Waals surface area contributed by atoms with E-state index in [1.807, 2.05) is 18.2 Å². The van der Waals surface area contributed by atoms with Crippen LogP contribution in [0, 0.1) is 0 Å². The summed E-state index contributed by atoms with van der Waals surface area (Å²) in [5, 5.41) is 16.1. The maximum Gasteiger partial charge on any atom is 0.241 e. The molecule has 2 unspecified atom stereocenters. The first-order valence-electron chi connectivity index (χ1n) is 7.17. The molecule has 2 atom stereocenters. The van der Waals surface area contributed by atoms with E-state index in [0.717, 1.165) is 23.4 Å². The molecular weight excluding hydrogens is 320 g/mol. The summed E-state index contributed by atoms with van der Waals surface area (Å²) in [7, 11) is 0. The number of halogens is 1. The number of carbonyl (C=O) groups excluding carboxylic acids is 1. The van der Waals surface area contributed by atoms with Crippen LogP contribution in [-0.4, -0.2) is 24.1 Å². The third-order valence-electron chi connectivity index (χ3n) is 3.76. The summed E-state index contributed by atoms with van der Waals surface area (Å²) in [6.45, 7) is 0.953. The average molecular weight is 337 g/mol. The van der Waals surface area contributed by atoms with Crippen molar-refractivity contribution in [2.75, 3.05) is 13.1 Å². The minimum atomic E-state index is -0.736. The molecule has 1 amide bonds. The fraction of sp³-hybridized carbons (Fsp3) is 0.312. The standard InChI is InChI=1S/C16H17ClN2O2S/c17-14-6-5-13(22-14)12(20)9-19-16(21)15-11-4-2-1-3-10(11)7-8-18-15/h1-6,12,15,18,20H,7-9H2,(H,19,21). The van der Waals surface area contributed by atoms with E-state index in [1.165, 1.54) is 16.9 Å². The number of aliphatic hydroxyl groups is 1. The van der Waals surface area contributed by atoms with E-state index < -0.39 is 6.10 Å². The van der Waals surface area contributed by atoms with Gasteiger partial charge in [-0.3, -0.25) is 4.79 Å². The van der Waals surface area contributed by atoms with Gasteiger partial charge < -0.3 is 15.7 Å². The highest BCUT2D eigenvalue weighted by atomic mass is 35.5. The summed E-state index contributed by atoms with van der Waals surface area (Å²) in [6, 6.07) is 11.1. The third-order valence-corrected chi connectivity index (χ3v) is 5.10. The lowest BCUT2D eigenvalue weighted by Crippen LogP contribution is -2.42. The Bertz CT molecular complexity index is 674. The van der Waals surface area contributed by atoms with Crippen LogP contribution in [0.1, 0.15) is 28.1 Å². The Morgan fingerprint density at radius 3 is 3.00 bits per heavy atom. The fourth-order valence-electron chi connectivity index (χ4n) is 2.65. The second-order valence-electron chi connectivity index (χ2n) is 5.24. The molecule has 2 heterocycles. The number of rotatable bonds is 4. The number of aliphatic hydroxyl groups excluding tert-OH is 1. The molecule has 6 heteroatoms. The molecule has 0 aliphatic carbocycles. The first-order chi connectivity index (χ1) is 10.6. The van der Waals surface area contributed by atoms with Crippen LogP contribution in [0.15, 0.2) is 36.4 Å². The van der Waals surface area contributed by atoms with Gasteiger partial charge in [-0.05, 0) is 29.7 Å². The van der Waals surface area contributed by atoms with Crippen LogP contribution in [0.4, 0.5) is 0 Å². The molecule has 1 aromatic heterocycles. The number of nitrogens with one attached hydrogen (secondary N) is 2. The summed E-state index contributed by atoms with van der Waals surface area (Å²) < 4.78 is 0.628. The first kappa shape index (κ1) is 15.5. The zero-order valence-electron chi connectivity index (χ0n) is 11.9. The van der Waals surface area contributed by atoms with E-state index in [1.54, 1.807) is 12.1 Å². The van der Waals surface area contributed by atoms with Crippen molar-refractivity contribution < 1.29 is 9.90 Å². The third kappa shape index (κ3) is 3.33. The number of carbonyl (C=O) groups is 1. The van der Waals surface area contributed by atoms with Gasteiger partial charge in [0, 0.05) is 18.0 Å². The Labute approximate surface area is 138 Å². The van der Waals surface area contributed by atoms with E-state index in [2.05, 4.69) is 16.7 Å². The fourth-order valence-corrected chi connectivity index (χ4v) is 3.69. The van der Waals surface area contributed by atoms with Crippen LogP contribution in [0.2, 0.25) is 4.34 Å². The molecule has 4 nitrogen and oxygen atoms in total. The second-order valence-corrected chi connectivity index (χ2v) is 6.99. The number of amides is 1. The van der Waals surface area contributed by atoms with Crippen LogP contribution in [0.3, 0.4) is 0 Å². The Kier molecular flexibility index (Phi) is 4.78. The number of hydrogen-bond acceptors (Lipinski definition) is 4. The quantitative estimate of drug-likeness (QED) is 0.803. The van der Waals surface area contributed by atoms with Gasteiger partial charge in [-0.25, -0.2) is 0 Å². The first-order valence-corrected chi connectivity index (χ1v) is 8.37. The van der Waals surface area contributed by atoms with E-state index in [9.17, 15) is 9.90 Å². The lowest BCUT2D eigenvalue weighted by molar-refractivity contribution is -0.123. The summed E-state index contributed by atoms with van der Waals surface area (Å²) in [5.41, 5.74) is 2.21. The number of benzene rings is 1. The highest BCUT2D eigenvalue weighted by molar-refractivity contribution is 7.16. The predicted molar refractivity (Wildman–Crippen MR) is 88.2 cm³/mol. The van der Waals surface area contributed by atoms with Crippen molar-refractivity contribution in [1.82, 2.24) is 10.6 Å². The number of thiophene rings is 1. The number of fused-ring (bicyclic) bond motifs is 1. The van der Waals surface area contributed by atoms with Crippen molar-refractivity contribution in [2.45, 2.75) is 18.6 Å². The Morgan fingerprint density at radius 1 is 1.41 bits per heavy atom. The minimum absolute atomic E-state index is 0.117. The molecule has 116 valence electrons. The molecular formula is C16H17ClN2O2S. The van der Waals surface area contributed by atoms with Gasteiger partial charge >= 0.3 is 0 Å². The molecule has 0 saturated heterocycles. The van der Waals surface area contributed by atoms with Gasteiger partial charge in [0.15, 0.2) is 0 Å². The lowest BCUT2D eigenvalue weighted by atomic mass is 9.94. The maximum atomic E-state index is 12.4. The Balaban J connectivity index is 1.63. The molecule has 1 aliphatic heterocycles. The lowest BCUT2D eigenvalue weighted by Gasteiger charge is -2.26. The topological polar surface area (TPSA) is 61.4 Å². The van der Waals surface area contributed by atoms with Gasteiger partial charge in [0.1, 0.15) is 12.1 Å². The summed E-state index contributed by atoms with van der Waals surface area (Å²) in [4.78, 5) is 13.1. The molecule has 0 bridgehead atoms. The highest BCUT2D eigenvalue weighted by Gasteiger charge is 2.26. The molecule has 2 aromatic rings. The van der Waals surface area contributed by atoms with Gasteiger partial charge in [-0.2, -0.15) is 0 Å². The van der Waals surface area contributed by atoms with Crippen LogP contribution < -0.4 is 10.6 Å². The molecule has 0 spiro atoms. The zero-order valence-corrected chi connectivity index (χ0v) is 13.5. The molecule has 22 heavy (non-hydrogen) atoms. The molecule has 0 fully saturated rings. The van der Waals surface area contributed by atoms with Gasteiger partial charge in [0.2, 0.25) is 5.91 Å². The van der Waals surface area contributed by atoms with Crippen molar-refractivity contribution in [1.29, 1.82) is 0 Å². The highest BCUT2D eigenvalue weighted by Crippen LogP contribution is 2.27. The van der Waals surface area contributed by atoms with Crippen molar-refractivity contribution >= 4 is 28.8 Å². The van der Waals surface area contributed by atoms with E-state index >= 15 is 0 Å². The van der Waals surface area contributed by atoms with Crippen LogP contribution in [-0.2, 0) is 11.2 Å². The van der Waals surface area contributed by atoms with Crippen LogP contribution in [0.25, 0.3) is 0 Å². The minimum Gasteiger partial charge on any atom is -0.386 e. The maximum absolute atomic E-state index is 12.4. The largest absolute Gasteiger partial charge is 0.386 e. The number of hydrogen-bond donors (Lipinski definition) is 3. The molecule has 1 aliphatic rings. The molecule has 1 aromatic carbocycles. The Morgan fingerprint density at radius 2 is 2.23 bits per heavy atom. The SMILES string of the molecule is O=C(NCC(O)c1ccc(Cl)s1)C1NCCc2ccccc21. The Hall–Kier alpha value is -1.40. The van der Waals surface area contributed by atoms with E-state index in [-0.39, 0.29) is 18.5 Å². The summed E-state index contributed by atoms with van der Waals surface area (Å²) in [5.74, 6) is -0.117. The van der Waals surface area contributed by atoms with Gasteiger partial charge in [-0.15, -0.1) is 11.3 Å². The smallest absolute Gasteiger partial charge is 0.241 e. The zero-order chi connectivity index (χ0) is 15.5. The van der Waals surface area contributed by atoms with Crippen LogP contribution in [0.5, 0.6) is 0 Å². The van der Waals surface area contributed by atoms with Gasteiger partial charge in [-0.1, -0.05) is 35.9 Å². The van der Waals surface area contributed by atoms with Gasteiger partial charge in [0.25, 0.3) is 0 Å². The molecule has 0 radical (unpaired) electrons. The van der Waals surface area contributed by atoms with Gasteiger partial charge in [0.05, 0.1) is 4.34 Å². The van der Waals surface area contributed by atoms with Crippen LogP contribution >= 0.6 is 22.9 Å². The molecule has 0 saturated carbocycles. The van der Waals surface area contributed by atoms with E-state index in [0.29, 0.717) is 4.34 Å². The second kappa shape index (κ2) is 6.79. The predicted octanol–water partition coefficient (Wildman–Crippen LogP) is 2.44. The summed E-state index contributed by atoms with van der Waals surface area (Å²) >= 11 is 7.18. The normalized spacial score (nSPS) is 18.5. The van der Waals surface area contributed by atoms with Crippen molar-refractivity contribution in [2.24, 2.45) is 0 Å². The summed E-state index contributed by atoms with van der Waals surface area (Å²) in [6.07, 6.45) is 0.191.